The standard InChI is InChI=1S/C18H22N4O3S/c23-18-2-1-10-22(18)15-4-6-16(7-5-15)26(24,25)20-12-14-3-8-17-19-9-11-21(17)13-14/h4-7,9,11,14,20H,1-3,8,10,12-13H2/t14-/m1/s1. The third kappa shape index (κ3) is 3.39. The molecule has 8 heteroatoms. The predicted molar refractivity (Wildman–Crippen MR) is 97.3 cm³/mol. The second-order valence-corrected chi connectivity index (χ2v) is 8.66. The summed E-state index contributed by atoms with van der Waals surface area (Å²) in [6.07, 6.45) is 6.93. The third-order valence-electron chi connectivity index (χ3n) is 5.13. The van der Waals surface area contributed by atoms with Crippen molar-refractivity contribution in [2.24, 2.45) is 5.92 Å². The minimum Gasteiger partial charge on any atom is -0.335 e. The summed E-state index contributed by atoms with van der Waals surface area (Å²) in [4.78, 5) is 18.0. The maximum absolute atomic E-state index is 12.6. The van der Waals surface area contributed by atoms with Crippen LogP contribution in [0.2, 0.25) is 0 Å². The molecule has 1 saturated heterocycles. The number of carbonyl (C=O) groups is 1. The molecule has 0 bridgehead atoms. The summed E-state index contributed by atoms with van der Waals surface area (Å²) in [6, 6.07) is 6.54. The molecule has 0 unspecified atom stereocenters. The molecule has 0 radical (unpaired) electrons. The second-order valence-electron chi connectivity index (χ2n) is 6.90. The zero-order valence-corrected chi connectivity index (χ0v) is 15.3. The Hall–Kier alpha value is -2.19. The Balaban J connectivity index is 1.40. The van der Waals surface area contributed by atoms with E-state index in [0.29, 0.717) is 19.5 Å². The molecule has 1 aromatic heterocycles. The molecule has 1 aromatic carbocycles. The molecular weight excluding hydrogens is 352 g/mol. The van der Waals surface area contributed by atoms with Gasteiger partial charge in [-0.2, -0.15) is 0 Å². The van der Waals surface area contributed by atoms with Crippen molar-refractivity contribution in [1.29, 1.82) is 0 Å². The molecule has 1 atom stereocenters. The number of carbonyl (C=O) groups excluding carboxylic acids is 1. The normalized spacial score (nSPS) is 20.4. The topological polar surface area (TPSA) is 84.3 Å². The Morgan fingerprint density at radius 2 is 2.00 bits per heavy atom. The second kappa shape index (κ2) is 6.85. The fraction of sp³-hybridized carbons (Fsp3) is 0.444. The highest BCUT2D eigenvalue weighted by molar-refractivity contribution is 7.89. The van der Waals surface area contributed by atoms with Crippen LogP contribution in [-0.2, 0) is 27.8 Å². The van der Waals surface area contributed by atoms with Gasteiger partial charge in [0.05, 0.1) is 4.90 Å². The largest absolute Gasteiger partial charge is 0.335 e. The fourth-order valence-corrected chi connectivity index (χ4v) is 4.76. The smallest absolute Gasteiger partial charge is 0.240 e. The quantitative estimate of drug-likeness (QED) is 0.861. The van der Waals surface area contributed by atoms with Crippen molar-refractivity contribution in [3.05, 3.63) is 42.5 Å². The maximum atomic E-state index is 12.6. The van der Waals surface area contributed by atoms with Crippen molar-refractivity contribution in [2.45, 2.75) is 37.1 Å². The minimum absolute atomic E-state index is 0.0925. The number of benzene rings is 1. The van der Waals surface area contributed by atoms with Crippen LogP contribution in [0.1, 0.15) is 25.1 Å². The lowest BCUT2D eigenvalue weighted by atomic mass is 10.00. The summed E-state index contributed by atoms with van der Waals surface area (Å²) in [5.41, 5.74) is 0.756. The van der Waals surface area contributed by atoms with E-state index in [9.17, 15) is 13.2 Å². The lowest BCUT2D eigenvalue weighted by molar-refractivity contribution is -0.117. The van der Waals surface area contributed by atoms with Crippen molar-refractivity contribution in [3.63, 3.8) is 0 Å². The molecule has 7 nitrogen and oxygen atoms in total. The number of imidazole rings is 1. The van der Waals surface area contributed by atoms with Gasteiger partial charge in [-0.05, 0) is 43.0 Å². The number of aryl methyl sites for hydroxylation is 1. The Morgan fingerprint density at radius 3 is 2.73 bits per heavy atom. The van der Waals surface area contributed by atoms with Crippen molar-refractivity contribution in [3.8, 4) is 0 Å². The van der Waals surface area contributed by atoms with E-state index in [1.807, 2.05) is 6.20 Å². The Bertz CT molecular complexity index is 905. The van der Waals surface area contributed by atoms with Crippen LogP contribution in [0.25, 0.3) is 0 Å². The molecule has 1 N–H and O–H groups in total. The number of aromatic nitrogens is 2. The third-order valence-corrected chi connectivity index (χ3v) is 6.57. The van der Waals surface area contributed by atoms with Crippen LogP contribution in [0.4, 0.5) is 5.69 Å². The van der Waals surface area contributed by atoms with Gasteiger partial charge in [-0.15, -0.1) is 0 Å². The van der Waals surface area contributed by atoms with E-state index in [-0.39, 0.29) is 16.7 Å². The Labute approximate surface area is 153 Å². The number of amides is 1. The summed E-state index contributed by atoms with van der Waals surface area (Å²) >= 11 is 0. The van der Waals surface area contributed by atoms with E-state index in [2.05, 4.69) is 14.3 Å². The highest BCUT2D eigenvalue weighted by Gasteiger charge is 2.24. The van der Waals surface area contributed by atoms with Crippen molar-refractivity contribution < 1.29 is 13.2 Å². The Morgan fingerprint density at radius 1 is 1.19 bits per heavy atom. The molecule has 2 aliphatic rings. The van der Waals surface area contributed by atoms with E-state index >= 15 is 0 Å². The first-order chi connectivity index (χ1) is 12.5. The van der Waals surface area contributed by atoms with Gasteiger partial charge in [-0.25, -0.2) is 18.1 Å². The van der Waals surface area contributed by atoms with Gasteiger partial charge in [0.25, 0.3) is 0 Å². The van der Waals surface area contributed by atoms with Gasteiger partial charge in [0.1, 0.15) is 5.82 Å². The highest BCUT2D eigenvalue weighted by atomic mass is 32.2. The van der Waals surface area contributed by atoms with Crippen molar-refractivity contribution >= 4 is 21.6 Å². The zero-order chi connectivity index (χ0) is 18.1. The SMILES string of the molecule is O=C1CCCN1c1ccc(S(=O)(=O)NC[C@H]2CCc3nccn3C2)cc1. The molecule has 2 aliphatic heterocycles. The highest BCUT2D eigenvalue weighted by Crippen LogP contribution is 2.23. The summed E-state index contributed by atoms with van der Waals surface area (Å²) in [5, 5.41) is 0. The summed E-state index contributed by atoms with van der Waals surface area (Å²) in [7, 11) is -3.56. The number of fused-ring (bicyclic) bond motifs is 1. The molecule has 0 saturated carbocycles. The average molecular weight is 374 g/mol. The lowest BCUT2D eigenvalue weighted by Crippen LogP contribution is -2.33. The van der Waals surface area contributed by atoms with Gasteiger partial charge in [-0.3, -0.25) is 4.79 Å². The van der Waals surface area contributed by atoms with Crippen LogP contribution < -0.4 is 9.62 Å². The molecule has 1 amide bonds. The number of hydrogen-bond acceptors (Lipinski definition) is 4. The zero-order valence-electron chi connectivity index (χ0n) is 14.5. The van der Waals surface area contributed by atoms with Gasteiger partial charge >= 0.3 is 0 Å². The lowest BCUT2D eigenvalue weighted by Gasteiger charge is -2.24. The minimum atomic E-state index is -3.56. The molecule has 138 valence electrons. The molecule has 1 fully saturated rings. The van der Waals surface area contributed by atoms with Gasteiger partial charge in [0.2, 0.25) is 15.9 Å². The number of hydrogen-bond donors (Lipinski definition) is 1. The van der Waals surface area contributed by atoms with Crippen LogP contribution in [0.3, 0.4) is 0 Å². The van der Waals surface area contributed by atoms with Crippen LogP contribution in [0.15, 0.2) is 41.6 Å². The molecule has 3 heterocycles. The molecule has 0 aliphatic carbocycles. The van der Waals surface area contributed by atoms with E-state index in [1.54, 1.807) is 35.4 Å². The maximum Gasteiger partial charge on any atom is 0.240 e. The first-order valence-corrected chi connectivity index (χ1v) is 10.4. The van der Waals surface area contributed by atoms with E-state index in [4.69, 9.17) is 0 Å². The summed E-state index contributed by atoms with van der Waals surface area (Å²) in [5.74, 6) is 1.42. The van der Waals surface area contributed by atoms with Crippen LogP contribution in [0.5, 0.6) is 0 Å². The van der Waals surface area contributed by atoms with Gasteiger partial charge in [-0.1, -0.05) is 0 Å². The first kappa shape index (κ1) is 17.2. The van der Waals surface area contributed by atoms with Crippen LogP contribution >= 0.6 is 0 Å². The van der Waals surface area contributed by atoms with Crippen molar-refractivity contribution in [2.75, 3.05) is 18.0 Å². The van der Waals surface area contributed by atoms with E-state index in [0.717, 1.165) is 37.3 Å². The molecule has 4 rings (SSSR count). The number of rotatable bonds is 5. The van der Waals surface area contributed by atoms with Gasteiger partial charge in [0, 0.05) is 50.6 Å². The first-order valence-electron chi connectivity index (χ1n) is 8.93. The number of nitrogens with one attached hydrogen (secondary N) is 1. The van der Waals surface area contributed by atoms with E-state index in [1.165, 1.54) is 0 Å². The average Bonchev–Trinajstić information content (AvgIpc) is 3.28. The van der Waals surface area contributed by atoms with Crippen molar-refractivity contribution in [1.82, 2.24) is 14.3 Å². The van der Waals surface area contributed by atoms with Gasteiger partial charge in [0.15, 0.2) is 0 Å². The summed E-state index contributed by atoms with van der Waals surface area (Å²) < 4.78 is 29.9. The van der Waals surface area contributed by atoms with Crippen LogP contribution in [-0.4, -0.2) is 37.0 Å². The molecule has 2 aromatic rings. The Kier molecular flexibility index (Phi) is 4.54. The molecule has 26 heavy (non-hydrogen) atoms. The van der Waals surface area contributed by atoms with Crippen LogP contribution in [0, 0.1) is 5.92 Å². The molecular formula is C18H22N4O3S. The number of anilines is 1. The number of nitrogens with zero attached hydrogens (tertiary/aromatic N) is 3. The molecule has 0 spiro atoms. The predicted octanol–water partition coefficient (Wildman–Crippen LogP) is 1.55. The van der Waals surface area contributed by atoms with E-state index < -0.39 is 10.0 Å². The monoisotopic (exact) mass is 374 g/mol. The van der Waals surface area contributed by atoms with Gasteiger partial charge < -0.3 is 9.47 Å². The summed E-state index contributed by atoms with van der Waals surface area (Å²) in [6.45, 7) is 1.89. The fourth-order valence-electron chi connectivity index (χ4n) is 3.64. The number of sulfonamides is 1.